The van der Waals surface area contributed by atoms with Crippen molar-refractivity contribution in [3.63, 3.8) is 0 Å². The Bertz CT molecular complexity index is 752. The highest BCUT2D eigenvalue weighted by atomic mass is 16.5. The second kappa shape index (κ2) is 7.74. The van der Waals surface area contributed by atoms with Crippen LogP contribution in [0.3, 0.4) is 0 Å². The summed E-state index contributed by atoms with van der Waals surface area (Å²) in [7, 11) is 0. The predicted molar refractivity (Wildman–Crippen MR) is 95.8 cm³/mol. The van der Waals surface area contributed by atoms with E-state index < -0.39 is 5.97 Å². The molecule has 0 aliphatic heterocycles. The molecule has 7 heteroatoms. The molecule has 132 valence electrons. The second-order valence-corrected chi connectivity index (χ2v) is 6.42. The number of hydrogen-bond acceptors (Lipinski definition) is 6. The fraction of sp³-hybridized carbons (Fsp3) is 0.333. The van der Waals surface area contributed by atoms with Crippen LogP contribution in [0.2, 0.25) is 0 Å². The van der Waals surface area contributed by atoms with Crippen molar-refractivity contribution in [2.24, 2.45) is 0 Å². The number of amides is 1. The zero-order chi connectivity index (χ0) is 18.4. The Kier molecular flexibility index (Phi) is 5.69. The summed E-state index contributed by atoms with van der Waals surface area (Å²) in [6.45, 7) is 8.06. The molecule has 0 saturated heterocycles. The zero-order valence-corrected chi connectivity index (χ0v) is 14.8. The van der Waals surface area contributed by atoms with Gasteiger partial charge < -0.3 is 15.4 Å². The minimum absolute atomic E-state index is 0.176. The molecular weight excluding hydrogens is 320 g/mol. The molecule has 0 unspecified atom stereocenters. The summed E-state index contributed by atoms with van der Waals surface area (Å²) in [5.41, 5.74) is 1.06. The van der Waals surface area contributed by atoms with Crippen LogP contribution < -0.4 is 10.6 Å². The Morgan fingerprint density at radius 2 is 1.80 bits per heavy atom. The van der Waals surface area contributed by atoms with E-state index >= 15 is 0 Å². The fourth-order valence-corrected chi connectivity index (χ4v) is 2.03. The van der Waals surface area contributed by atoms with Crippen LogP contribution in [0.5, 0.6) is 0 Å². The maximum Gasteiger partial charge on any atom is 0.338 e. The highest BCUT2D eigenvalue weighted by Gasteiger charge is 2.14. The highest BCUT2D eigenvalue weighted by molar-refractivity contribution is 6.03. The molecule has 2 rings (SSSR count). The highest BCUT2D eigenvalue weighted by Crippen LogP contribution is 2.14. The van der Waals surface area contributed by atoms with E-state index in [2.05, 4.69) is 20.6 Å². The molecule has 1 aromatic heterocycles. The Labute approximate surface area is 146 Å². The number of hydrogen-bond donors (Lipinski definition) is 2. The van der Waals surface area contributed by atoms with Crippen molar-refractivity contribution < 1.29 is 14.3 Å². The van der Waals surface area contributed by atoms with Gasteiger partial charge in [-0.05, 0) is 52.0 Å². The van der Waals surface area contributed by atoms with Gasteiger partial charge in [0.05, 0.1) is 12.2 Å². The number of carbonyl (C=O) groups excluding carboxylic acids is 2. The van der Waals surface area contributed by atoms with Crippen molar-refractivity contribution in [1.29, 1.82) is 0 Å². The molecule has 1 aromatic carbocycles. The van der Waals surface area contributed by atoms with Gasteiger partial charge in [-0.2, -0.15) is 0 Å². The summed E-state index contributed by atoms with van der Waals surface area (Å²) in [6, 6.07) is 8.06. The molecule has 0 aliphatic rings. The third-order valence-electron chi connectivity index (χ3n) is 3.06. The zero-order valence-electron chi connectivity index (χ0n) is 14.8. The van der Waals surface area contributed by atoms with E-state index in [1.54, 1.807) is 37.3 Å². The number of anilines is 2. The standard InChI is InChI=1S/C18H22N4O3/c1-5-25-17(24)12-6-8-13(9-7-12)21-16(23)14-10-15(20-11-19-14)22-18(2,3)4/h6-11H,5H2,1-4H3,(H,21,23)(H,19,20,22). The lowest BCUT2D eigenvalue weighted by atomic mass is 10.1. The Hall–Kier alpha value is -2.96. The molecule has 0 bridgehead atoms. The third kappa shape index (κ3) is 5.56. The quantitative estimate of drug-likeness (QED) is 0.811. The first-order valence-corrected chi connectivity index (χ1v) is 7.97. The smallest absolute Gasteiger partial charge is 0.338 e. The lowest BCUT2D eigenvalue weighted by molar-refractivity contribution is 0.0526. The average Bonchev–Trinajstić information content (AvgIpc) is 2.54. The Balaban J connectivity index is 2.07. The van der Waals surface area contributed by atoms with E-state index in [0.29, 0.717) is 23.7 Å². The fourth-order valence-electron chi connectivity index (χ4n) is 2.03. The molecule has 1 amide bonds. The number of rotatable bonds is 5. The summed E-state index contributed by atoms with van der Waals surface area (Å²) >= 11 is 0. The summed E-state index contributed by atoms with van der Waals surface area (Å²) in [5, 5.41) is 5.93. The molecule has 1 heterocycles. The minimum atomic E-state index is -0.394. The van der Waals surface area contributed by atoms with Crippen molar-refractivity contribution in [2.45, 2.75) is 33.2 Å². The van der Waals surface area contributed by atoms with Gasteiger partial charge in [-0.15, -0.1) is 0 Å². The van der Waals surface area contributed by atoms with Crippen LogP contribution in [0.1, 0.15) is 48.5 Å². The minimum Gasteiger partial charge on any atom is -0.462 e. The number of aromatic nitrogens is 2. The maximum absolute atomic E-state index is 12.3. The van der Waals surface area contributed by atoms with Crippen molar-refractivity contribution >= 4 is 23.4 Å². The van der Waals surface area contributed by atoms with E-state index in [1.807, 2.05) is 20.8 Å². The van der Waals surface area contributed by atoms with Crippen LogP contribution >= 0.6 is 0 Å². The van der Waals surface area contributed by atoms with Gasteiger partial charge in [-0.3, -0.25) is 4.79 Å². The Morgan fingerprint density at radius 3 is 2.40 bits per heavy atom. The lowest BCUT2D eigenvalue weighted by Gasteiger charge is -2.21. The van der Waals surface area contributed by atoms with E-state index in [-0.39, 0.29) is 17.1 Å². The second-order valence-electron chi connectivity index (χ2n) is 6.42. The van der Waals surface area contributed by atoms with Gasteiger partial charge in [0.1, 0.15) is 17.8 Å². The number of benzene rings is 1. The first-order chi connectivity index (χ1) is 11.8. The van der Waals surface area contributed by atoms with Crippen LogP contribution in [0.15, 0.2) is 36.7 Å². The van der Waals surface area contributed by atoms with Crippen molar-refractivity contribution in [3.8, 4) is 0 Å². The molecule has 25 heavy (non-hydrogen) atoms. The van der Waals surface area contributed by atoms with Crippen LogP contribution in [0.25, 0.3) is 0 Å². The van der Waals surface area contributed by atoms with Crippen LogP contribution in [0, 0.1) is 0 Å². The van der Waals surface area contributed by atoms with E-state index in [4.69, 9.17) is 4.74 Å². The van der Waals surface area contributed by atoms with Gasteiger partial charge in [-0.1, -0.05) is 0 Å². The third-order valence-corrected chi connectivity index (χ3v) is 3.06. The molecule has 0 aliphatic carbocycles. The van der Waals surface area contributed by atoms with Gasteiger partial charge in [0, 0.05) is 17.3 Å². The maximum atomic E-state index is 12.3. The molecule has 0 fully saturated rings. The van der Waals surface area contributed by atoms with Crippen LogP contribution in [-0.4, -0.2) is 34.0 Å². The predicted octanol–water partition coefficient (Wildman–Crippen LogP) is 3.12. The molecule has 2 N–H and O–H groups in total. The van der Waals surface area contributed by atoms with Gasteiger partial charge in [0.2, 0.25) is 0 Å². The summed E-state index contributed by atoms with van der Waals surface area (Å²) < 4.78 is 4.92. The number of carbonyl (C=O) groups is 2. The van der Waals surface area contributed by atoms with E-state index in [0.717, 1.165) is 0 Å². The number of ether oxygens (including phenoxy) is 1. The molecule has 0 saturated carbocycles. The van der Waals surface area contributed by atoms with Crippen LogP contribution in [0.4, 0.5) is 11.5 Å². The molecule has 2 aromatic rings. The summed E-state index contributed by atoms with van der Waals surface area (Å²) in [4.78, 5) is 32.1. The summed E-state index contributed by atoms with van der Waals surface area (Å²) in [6.07, 6.45) is 1.34. The average molecular weight is 342 g/mol. The summed E-state index contributed by atoms with van der Waals surface area (Å²) in [5.74, 6) is -0.178. The SMILES string of the molecule is CCOC(=O)c1ccc(NC(=O)c2cc(NC(C)(C)C)ncn2)cc1. The largest absolute Gasteiger partial charge is 0.462 e. The van der Waals surface area contributed by atoms with E-state index in [9.17, 15) is 9.59 Å². The van der Waals surface area contributed by atoms with Gasteiger partial charge in [0.15, 0.2) is 0 Å². The first kappa shape index (κ1) is 18.4. The monoisotopic (exact) mass is 342 g/mol. The lowest BCUT2D eigenvalue weighted by Crippen LogP contribution is -2.27. The Morgan fingerprint density at radius 1 is 1.12 bits per heavy atom. The van der Waals surface area contributed by atoms with Crippen molar-refractivity contribution in [1.82, 2.24) is 9.97 Å². The number of esters is 1. The number of nitrogens with one attached hydrogen (secondary N) is 2. The van der Waals surface area contributed by atoms with Crippen molar-refractivity contribution in [3.05, 3.63) is 47.9 Å². The molecule has 0 spiro atoms. The van der Waals surface area contributed by atoms with Gasteiger partial charge in [-0.25, -0.2) is 14.8 Å². The molecule has 7 nitrogen and oxygen atoms in total. The molecular formula is C18H22N4O3. The van der Waals surface area contributed by atoms with E-state index in [1.165, 1.54) is 6.33 Å². The first-order valence-electron chi connectivity index (χ1n) is 7.97. The molecule has 0 atom stereocenters. The molecule has 0 radical (unpaired) electrons. The topological polar surface area (TPSA) is 93.2 Å². The number of nitrogens with zero attached hydrogens (tertiary/aromatic N) is 2. The van der Waals surface area contributed by atoms with Gasteiger partial charge >= 0.3 is 5.97 Å². The normalized spacial score (nSPS) is 10.9. The van der Waals surface area contributed by atoms with Crippen molar-refractivity contribution in [2.75, 3.05) is 17.2 Å². The van der Waals surface area contributed by atoms with Gasteiger partial charge in [0.25, 0.3) is 5.91 Å². The van der Waals surface area contributed by atoms with Crippen LogP contribution in [-0.2, 0) is 4.74 Å².